The summed E-state index contributed by atoms with van der Waals surface area (Å²) in [6, 6.07) is 11.8. The maximum atomic E-state index is 11.9. The normalized spacial score (nSPS) is 10.8. The molecule has 2 aromatic carbocycles. The largest absolute Gasteiger partial charge is 0.359 e. The molecule has 0 fully saturated rings. The zero-order chi connectivity index (χ0) is 14.5. The first-order valence-electron chi connectivity index (χ1n) is 5.75. The summed E-state index contributed by atoms with van der Waals surface area (Å²) in [5.74, 6) is -0.141. The Balaban J connectivity index is 2.07. The third-order valence-electron chi connectivity index (χ3n) is 2.55. The predicted molar refractivity (Wildman–Crippen MR) is 85.0 cm³/mol. The van der Waals surface area contributed by atoms with Gasteiger partial charge in [-0.1, -0.05) is 40.9 Å². The average molecular weight is 327 g/mol. The van der Waals surface area contributed by atoms with E-state index in [9.17, 15) is 4.79 Å². The standard InChI is InChI=1S/C15H10Cl3NO/c16-11-6-4-10(5-7-11)14(20)8-9-19-15-12(17)2-1-3-13(15)18/h1-9,19H/b9-8+. The SMILES string of the molecule is O=C(/C=C/Nc1c(Cl)cccc1Cl)c1ccc(Cl)cc1. The molecule has 0 saturated carbocycles. The van der Waals surface area contributed by atoms with E-state index in [4.69, 9.17) is 34.8 Å². The maximum absolute atomic E-state index is 11.9. The summed E-state index contributed by atoms with van der Waals surface area (Å²) in [7, 11) is 0. The van der Waals surface area contributed by atoms with Gasteiger partial charge in [0.1, 0.15) is 0 Å². The molecule has 20 heavy (non-hydrogen) atoms. The number of carbonyl (C=O) groups is 1. The van der Waals surface area contributed by atoms with E-state index in [1.807, 2.05) is 0 Å². The molecule has 0 atom stereocenters. The van der Waals surface area contributed by atoms with E-state index in [-0.39, 0.29) is 5.78 Å². The molecule has 2 nitrogen and oxygen atoms in total. The number of rotatable bonds is 4. The topological polar surface area (TPSA) is 29.1 Å². The molecule has 2 rings (SSSR count). The molecule has 0 saturated heterocycles. The lowest BCUT2D eigenvalue weighted by Gasteiger charge is -2.05. The fourth-order valence-electron chi connectivity index (χ4n) is 1.55. The lowest BCUT2D eigenvalue weighted by molar-refractivity contribution is 0.104. The minimum Gasteiger partial charge on any atom is -0.359 e. The van der Waals surface area contributed by atoms with Gasteiger partial charge in [0.15, 0.2) is 5.78 Å². The van der Waals surface area contributed by atoms with Crippen molar-refractivity contribution in [2.75, 3.05) is 5.32 Å². The van der Waals surface area contributed by atoms with Crippen LogP contribution in [0.1, 0.15) is 10.4 Å². The van der Waals surface area contributed by atoms with Crippen LogP contribution in [0.15, 0.2) is 54.7 Å². The third-order valence-corrected chi connectivity index (χ3v) is 3.44. The maximum Gasteiger partial charge on any atom is 0.187 e. The summed E-state index contributed by atoms with van der Waals surface area (Å²) in [4.78, 5) is 11.9. The summed E-state index contributed by atoms with van der Waals surface area (Å²) >= 11 is 17.8. The third kappa shape index (κ3) is 3.76. The van der Waals surface area contributed by atoms with Gasteiger partial charge in [-0.25, -0.2) is 0 Å². The molecule has 0 spiro atoms. The molecular formula is C15H10Cl3NO. The Morgan fingerprint density at radius 1 is 0.950 bits per heavy atom. The van der Waals surface area contributed by atoms with Crippen molar-refractivity contribution in [2.45, 2.75) is 0 Å². The minimum atomic E-state index is -0.141. The molecule has 1 N–H and O–H groups in total. The van der Waals surface area contributed by atoms with Gasteiger partial charge in [-0.2, -0.15) is 0 Å². The van der Waals surface area contributed by atoms with Gasteiger partial charge in [0.2, 0.25) is 0 Å². The first kappa shape index (κ1) is 14.9. The molecule has 5 heteroatoms. The fourth-order valence-corrected chi connectivity index (χ4v) is 2.18. The van der Waals surface area contributed by atoms with Gasteiger partial charge in [-0.15, -0.1) is 0 Å². The molecule has 0 aliphatic carbocycles. The Labute approximate surface area is 132 Å². The monoisotopic (exact) mass is 325 g/mol. The van der Waals surface area contributed by atoms with E-state index in [1.165, 1.54) is 12.3 Å². The Morgan fingerprint density at radius 3 is 2.15 bits per heavy atom. The lowest BCUT2D eigenvalue weighted by Crippen LogP contribution is -1.96. The van der Waals surface area contributed by atoms with Crippen LogP contribution in [0.3, 0.4) is 0 Å². The van der Waals surface area contributed by atoms with Crippen molar-refractivity contribution in [2.24, 2.45) is 0 Å². The highest BCUT2D eigenvalue weighted by Gasteiger charge is 2.04. The van der Waals surface area contributed by atoms with E-state index in [2.05, 4.69) is 5.32 Å². The van der Waals surface area contributed by atoms with Crippen molar-refractivity contribution in [3.05, 3.63) is 75.4 Å². The Bertz CT molecular complexity index is 630. The van der Waals surface area contributed by atoms with Crippen molar-refractivity contribution in [3.8, 4) is 0 Å². The Morgan fingerprint density at radius 2 is 1.55 bits per heavy atom. The van der Waals surface area contributed by atoms with Crippen LogP contribution >= 0.6 is 34.8 Å². The summed E-state index contributed by atoms with van der Waals surface area (Å²) in [6.07, 6.45) is 2.91. The number of nitrogens with one attached hydrogen (secondary N) is 1. The molecular weight excluding hydrogens is 317 g/mol. The number of ketones is 1. The second kappa shape index (κ2) is 6.80. The second-order valence-electron chi connectivity index (χ2n) is 3.95. The molecule has 0 amide bonds. The molecule has 0 heterocycles. The van der Waals surface area contributed by atoms with E-state index < -0.39 is 0 Å². The van der Waals surface area contributed by atoms with Crippen molar-refractivity contribution in [1.29, 1.82) is 0 Å². The van der Waals surface area contributed by atoms with Crippen LogP contribution in [0.5, 0.6) is 0 Å². The molecule has 0 aromatic heterocycles. The number of benzene rings is 2. The summed E-state index contributed by atoms with van der Waals surface area (Å²) in [5, 5.41) is 4.47. The van der Waals surface area contributed by atoms with Crippen LogP contribution < -0.4 is 5.32 Å². The van der Waals surface area contributed by atoms with Gasteiger partial charge in [0.05, 0.1) is 15.7 Å². The zero-order valence-corrected chi connectivity index (χ0v) is 12.5. The molecule has 0 aliphatic rings. The van der Waals surface area contributed by atoms with Crippen LogP contribution in [0.25, 0.3) is 0 Å². The van der Waals surface area contributed by atoms with Gasteiger partial charge in [-0.05, 0) is 36.4 Å². The van der Waals surface area contributed by atoms with Crippen LogP contribution in [0.2, 0.25) is 15.1 Å². The van der Waals surface area contributed by atoms with Crippen molar-refractivity contribution in [1.82, 2.24) is 0 Å². The summed E-state index contributed by atoms with van der Waals surface area (Å²) < 4.78 is 0. The van der Waals surface area contributed by atoms with Crippen LogP contribution in [0.4, 0.5) is 5.69 Å². The molecule has 0 radical (unpaired) electrons. The highest BCUT2D eigenvalue weighted by Crippen LogP contribution is 2.29. The first-order chi connectivity index (χ1) is 9.58. The van der Waals surface area contributed by atoms with Gasteiger partial charge >= 0.3 is 0 Å². The molecule has 102 valence electrons. The zero-order valence-electron chi connectivity index (χ0n) is 10.2. The van der Waals surface area contributed by atoms with Crippen LogP contribution in [-0.4, -0.2) is 5.78 Å². The number of allylic oxidation sites excluding steroid dienone is 1. The molecule has 2 aromatic rings. The summed E-state index contributed by atoms with van der Waals surface area (Å²) in [6.45, 7) is 0. The van der Waals surface area contributed by atoms with Crippen molar-refractivity contribution in [3.63, 3.8) is 0 Å². The van der Waals surface area contributed by atoms with Crippen LogP contribution in [0, 0.1) is 0 Å². The molecule has 0 bridgehead atoms. The smallest absolute Gasteiger partial charge is 0.187 e. The highest BCUT2D eigenvalue weighted by atomic mass is 35.5. The van der Waals surface area contributed by atoms with E-state index in [0.29, 0.717) is 26.3 Å². The number of hydrogen-bond acceptors (Lipinski definition) is 2. The van der Waals surface area contributed by atoms with Gasteiger partial charge in [0, 0.05) is 22.9 Å². The van der Waals surface area contributed by atoms with E-state index in [1.54, 1.807) is 42.5 Å². The van der Waals surface area contributed by atoms with Crippen molar-refractivity contribution >= 4 is 46.3 Å². The number of para-hydroxylation sites is 1. The lowest BCUT2D eigenvalue weighted by atomic mass is 10.1. The van der Waals surface area contributed by atoms with Gasteiger partial charge < -0.3 is 5.32 Å². The number of carbonyl (C=O) groups excluding carboxylic acids is 1. The van der Waals surface area contributed by atoms with Gasteiger partial charge in [-0.3, -0.25) is 4.79 Å². The van der Waals surface area contributed by atoms with E-state index in [0.717, 1.165) is 0 Å². The number of halogens is 3. The highest BCUT2D eigenvalue weighted by molar-refractivity contribution is 6.39. The first-order valence-corrected chi connectivity index (χ1v) is 6.88. The fraction of sp³-hybridized carbons (Fsp3) is 0. The predicted octanol–water partition coefficient (Wildman–Crippen LogP) is 5.46. The Hall–Kier alpha value is -1.48. The number of anilines is 1. The van der Waals surface area contributed by atoms with Crippen LogP contribution in [-0.2, 0) is 0 Å². The average Bonchev–Trinajstić information content (AvgIpc) is 2.42. The quantitative estimate of drug-likeness (QED) is 0.597. The minimum absolute atomic E-state index is 0.141. The van der Waals surface area contributed by atoms with Crippen molar-refractivity contribution < 1.29 is 4.79 Å². The number of hydrogen-bond donors (Lipinski definition) is 1. The Kier molecular flexibility index (Phi) is 5.07. The molecule has 0 aliphatic heterocycles. The van der Waals surface area contributed by atoms with E-state index >= 15 is 0 Å². The second-order valence-corrected chi connectivity index (χ2v) is 5.20. The molecule has 0 unspecified atom stereocenters. The van der Waals surface area contributed by atoms with Gasteiger partial charge in [0.25, 0.3) is 0 Å². The summed E-state index contributed by atoms with van der Waals surface area (Å²) in [5.41, 5.74) is 1.12.